The third kappa shape index (κ3) is 3.52. The van der Waals surface area contributed by atoms with Gasteiger partial charge in [0.25, 0.3) is 5.91 Å². The van der Waals surface area contributed by atoms with E-state index in [1.165, 1.54) is 17.0 Å². The average Bonchev–Trinajstić information content (AvgIpc) is 2.89. The minimum absolute atomic E-state index is 0.0833. The predicted octanol–water partition coefficient (Wildman–Crippen LogP) is 3.60. The lowest BCUT2D eigenvalue weighted by Gasteiger charge is -2.14. The first-order valence-corrected chi connectivity index (χ1v) is 8.38. The zero-order chi connectivity index (χ0) is 18.0. The summed E-state index contributed by atoms with van der Waals surface area (Å²) in [5.74, 6) is -1.38. The van der Waals surface area contributed by atoms with Crippen molar-refractivity contribution in [3.05, 3.63) is 70.1 Å². The number of hydrogen-bond acceptors (Lipinski definition) is 5. The Hall–Kier alpha value is -2.77. The second kappa shape index (κ2) is 7.00. The van der Waals surface area contributed by atoms with Crippen molar-refractivity contribution >= 4 is 58.2 Å². The molecule has 1 fully saturated rings. The summed E-state index contributed by atoms with van der Waals surface area (Å²) in [6.07, 6.45) is 2.44. The van der Waals surface area contributed by atoms with Gasteiger partial charge in [-0.3, -0.25) is 14.5 Å². The van der Waals surface area contributed by atoms with Crippen LogP contribution in [0.25, 0.3) is 6.08 Å². The number of anilines is 1. The second-order valence-electron chi connectivity index (χ2n) is 5.16. The van der Waals surface area contributed by atoms with E-state index in [1.807, 2.05) is 0 Å². The van der Waals surface area contributed by atoms with Gasteiger partial charge in [0.15, 0.2) is 4.32 Å². The molecule has 2 aromatic rings. The Labute approximate surface area is 153 Å². The molecule has 0 unspecified atom stereocenters. The largest absolute Gasteiger partial charge is 0.478 e. The number of hydrogen-bond donors (Lipinski definition) is 1. The molecule has 0 aliphatic carbocycles. The van der Waals surface area contributed by atoms with E-state index in [0.717, 1.165) is 23.6 Å². The normalized spacial score (nSPS) is 15.7. The number of carbonyl (C=O) groups is 3. The van der Waals surface area contributed by atoms with E-state index in [4.69, 9.17) is 17.3 Å². The van der Waals surface area contributed by atoms with Gasteiger partial charge in [-0.1, -0.05) is 54.3 Å². The van der Waals surface area contributed by atoms with Gasteiger partial charge in [-0.05, 0) is 29.8 Å². The molecule has 0 bridgehead atoms. The Morgan fingerprint density at radius 3 is 2.44 bits per heavy atom. The van der Waals surface area contributed by atoms with E-state index >= 15 is 0 Å². The third-order valence-corrected chi connectivity index (χ3v) is 4.82. The van der Waals surface area contributed by atoms with E-state index < -0.39 is 5.97 Å². The smallest absolute Gasteiger partial charge is 0.335 e. The quantitative estimate of drug-likeness (QED) is 0.504. The standard InChI is InChI=1S/C18H11NO4S2/c20-10-12-6-4-11(5-7-12)8-15-16(21)19(18(24)25-15)14-3-1-2-13(9-14)17(22)23/h1-10H,(H,22,23). The van der Waals surface area contributed by atoms with Crippen molar-refractivity contribution in [2.24, 2.45) is 0 Å². The topological polar surface area (TPSA) is 74.7 Å². The lowest BCUT2D eigenvalue weighted by Crippen LogP contribution is -2.27. The number of aromatic carboxylic acids is 1. The molecule has 1 aliphatic heterocycles. The van der Waals surface area contributed by atoms with Crippen molar-refractivity contribution in [1.82, 2.24) is 0 Å². The Bertz CT molecular complexity index is 919. The van der Waals surface area contributed by atoms with Gasteiger partial charge in [0.05, 0.1) is 16.2 Å². The first kappa shape index (κ1) is 17.1. The minimum Gasteiger partial charge on any atom is -0.478 e. The van der Waals surface area contributed by atoms with Gasteiger partial charge in [-0.2, -0.15) is 0 Å². The van der Waals surface area contributed by atoms with Gasteiger partial charge in [-0.25, -0.2) is 4.79 Å². The summed E-state index contributed by atoms with van der Waals surface area (Å²) >= 11 is 6.42. The molecule has 124 valence electrons. The van der Waals surface area contributed by atoms with Crippen LogP contribution in [0.15, 0.2) is 53.4 Å². The van der Waals surface area contributed by atoms with Crippen LogP contribution in [0, 0.1) is 0 Å². The first-order chi connectivity index (χ1) is 12.0. The maximum Gasteiger partial charge on any atom is 0.335 e. The highest BCUT2D eigenvalue weighted by Crippen LogP contribution is 2.36. The summed E-state index contributed by atoms with van der Waals surface area (Å²) in [7, 11) is 0. The van der Waals surface area contributed by atoms with Crippen molar-refractivity contribution in [2.45, 2.75) is 0 Å². The number of amides is 1. The fraction of sp³-hybridized carbons (Fsp3) is 0. The molecule has 7 heteroatoms. The summed E-state index contributed by atoms with van der Waals surface area (Å²) in [5, 5.41) is 9.10. The summed E-state index contributed by atoms with van der Waals surface area (Å²) in [6.45, 7) is 0. The molecule has 0 aromatic heterocycles. The van der Waals surface area contributed by atoms with E-state index in [2.05, 4.69) is 0 Å². The molecule has 25 heavy (non-hydrogen) atoms. The van der Waals surface area contributed by atoms with Crippen LogP contribution in [0.2, 0.25) is 0 Å². The molecule has 0 saturated carbocycles. The van der Waals surface area contributed by atoms with Crippen molar-refractivity contribution in [2.75, 3.05) is 4.90 Å². The summed E-state index contributed by atoms with van der Waals surface area (Å²) in [5.41, 5.74) is 1.82. The number of thiocarbonyl (C=S) groups is 1. The van der Waals surface area contributed by atoms with Gasteiger partial charge in [0.1, 0.15) is 6.29 Å². The number of nitrogens with zero attached hydrogens (tertiary/aromatic N) is 1. The van der Waals surface area contributed by atoms with Crippen molar-refractivity contribution in [3.63, 3.8) is 0 Å². The van der Waals surface area contributed by atoms with Crippen LogP contribution >= 0.6 is 24.0 Å². The molecule has 3 rings (SSSR count). The average molecular weight is 369 g/mol. The molecule has 1 saturated heterocycles. The van der Waals surface area contributed by atoms with Crippen molar-refractivity contribution < 1.29 is 19.5 Å². The molecule has 5 nitrogen and oxygen atoms in total. The number of carbonyl (C=O) groups excluding carboxylic acids is 2. The van der Waals surface area contributed by atoms with Gasteiger partial charge >= 0.3 is 5.97 Å². The minimum atomic E-state index is -1.07. The fourth-order valence-electron chi connectivity index (χ4n) is 2.29. The summed E-state index contributed by atoms with van der Waals surface area (Å²) in [6, 6.07) is 12.9. The Balaban J connectivity index is 1.91. The highest BCUT2D eigenvalue weighted by molar-refractivity contribution is 8.27. The number of carboxylic acids is 1. The molecular formula is C18H11NO4S2. The maximum atomic E-state index is 12.7. The monoisotopic (exact) mass is 369 g/mol. The Kier molecular flexibility index (Phi) is 4.78. The van der Waals surface area contributed by atoms with Gasteiger partial charge in [0, 0.05) is 5.56 Å². The third-order valence-electron chi connectivity index (χ3n) is 3.52. The van der Waals surface area contributed by atoms with Crippen molar-refractivity contribution in [1.29, 1.82) is 0 Å². The molecule has 1 aliphatic rings. The lowest BCUT2D eigenvalue weighted by atomic mass is 10.1. The Morgan fingerprint density at radius 2 is 1.80 bits per heavy atom. The molecule has 0 atom stereocenters. The summed E-state index contributed by atoms with van der Waals surface area (Å²) in [4.78, 5) is 36.2. The molecule has 2 aromatic carbocycles. The first-order valence-electron chi connectivity index (χ1n) is 7.16. The predicted molar refractivity (Wildman–Crippen MR) is 101 cm³/mol. The fourth-order valence-corrected chi connectivity index (χ4v) is 3.59. The number of carboxylic acid groups (broad SMARTS) is 1. The van der Waals surface area contributed by atoms with E-state index in [0.29, 0.717) is 20.5 Å². The number of thioether (sulfide) groups is 1. The van der Waals surface area contributed by atoms with E-state index in [1.54, 1.807) is 42.5 Å². The van der Waals surface area contributed by atoms with Crippen LogP contribution < -0.4 is 4.90 Å². The van der Waals surface area contributed by atoms with Crippen LogP contribution in [0.3, 0.4) is 0 Å². The molecular weight excluding hydrogens is 358 g/mol. The number of rotatable bonds is 4. The van der Waals surface area contributed by atoms with Crippen LogP contribution in [-0.2, 0) is 4.79 Å². The summed E-state index contributed by atoms with van der Waals surface area (Å²) < 4.78 is 0.336. The van der Waals surface area contributed by atoms with Crippen molar-refractivity contribution in [3.8, 4) is 0 Å². The molecule has 1 amide bonds. The highest BCUT2D eigenvalue weighted by atomic mass is 32.2. The highest BCUT2D eigenvalue weighted by Gasteiger charge is 2.33. The lowest BCUT2D eigenvalue weighted by molar-refractivity contribution is -0.113. The van der Waals surface area contributed by atoms with Gasteiger partial charge in [0.2, 0.25) is 0 Å². The zero-order valence-corrected chi connectivity index (χ0v) is 14.3. The van der Waals surface area contributed by atoms with Crippen LogP contribution in [-0.4, -0.2) is 27.6 Å². The maximum absolute atomic E-state index is 12.7. The molecule has 0 radical (unpaired) electrons. The number of benzene rings is 2. The molecule has 0 spiro atoms. The SMILES string of the molecule is O=Cc1ccc(C=C2SC(=S)N(c3cccc(C(=O)O)c3)C2=O)cc1. The van der Waals surface area contributed by atoms with Crippen LogP contribution in [0.1, 0.15) is 26.3 Å². The molecule has 1 N–H and O–H groups in total. The van der Waals surface area contributed by atoms with Gasteiger partial charge in [-0.15, -0.1) is 0 Å². The van der Waals surface area contributed by atoms with E-state index in [9.17, 15) is 14.4 Å². The van der Waals surface area contributed by atoms with Gasteiger partial charge < -0.3 is 5.11 Å². The molecule has 1 heterocycles. The van der Waals surface area contributed by atoms with E-state index in [-0.39, 0.29) is 11.5 Å². The number of aldehydes is 1. The zero-order valence-electron chi connectivity index (χ0n) is 12.7. The van der Waals surface area contributed by atoms with Crippen LogP contribution in [0.4, 0.5) is 5.69 Å². The van der Waals surface area contributed by atoms with Crippen LogP contribution in [0.5, 0.6) is 0 Å². The Morgan fingerprint density at radius 1 is 1.12 bits per heavy atom. The second-order valence-corrected chi connectivity index (χ2v) is 6.83.